The summed E-state index contributed by atoms with van der Waals surface area (Å²) in [5.74, 6) is -2.53. The molecule has 0 aromatic heterocycles. The van der Waals surface area contributed by atoms with Crippen molar-refractivity contribution in [2.45, 2.75) is 63.8 Å². The van der Waals surface area contributed by atoms with Crippen molar-refractivity contribution in [2.75, 3.05) is 33.3 Å². The van der Waals surface area contributed by atoms with Crippen molar-refractivity contribution in [3.63, 3.8) is 0 Å². The summed E-state index contributed by atoms with van der Waals surface area (Å²) in [5.41, 5.74) is 2.13. The number of hydrogen-bond acceptors (Lipinski definition) is 4. The predicted molar refractivity (Wildman–Crippen MR) is 144 cm³/mol. The second-order valence-electron chi connectivity index (χ2n) is 11.6. The fraction of sp³-hybridized carbons (Fsp3) is 0.533. The zero-order valence-corrected chi connectivity index (χ0v) is 23.5. The Bertz CT molecular complexity index is 1190. The fourth-order valence-electron chi connectivity index (χ4n) is 5.96. The first-order valence-electron chi connectivity index (χ1n) is 13.3. The van der Waals surface area contributed by atoms with Crippen molar-refractivity contribution in [1.29, 1.82) is 0 Å². The molecule has 2 fully saturated rings. The third-order valence-electron chi connectivity index (χ3n) is 8.26. The van der Waals surface area contributed by atoms with Crippen LogP contribution in [0.2, 0.25) is 5.02 Å². The number of ether oxygens (including phenoxy) is 1. The smallest absolute Gasteiger partial charge is 0.312 e. The zero-order valence-electron chi connectivity index (χ0n) is 22.8. The van der Waals surface area contributed by atoms with Crippen LogP contribution in [0.25, 0.3) is 0 Å². The van der Waals surface area contributed by atoms with Gasteiger partial charge in [-0.1, -0.05) is 23.7 Å². The highest BCUT2D eigenvalue weighted by atomic mass is 35.5. The van der Waals surface area contributed by atoms with Crippen LogP contribution in [-0.4, -0.2) is 60.5 Å². The Morgan fingerprint density at radius 1 is 1.03 bits per heavy atom. The Morgan fingerprint density at radius 2 is 1.68 bits per heavy atom. The van der Waals surface area contributed by atoms with Gasteiger partial charge in [-0.3, -0.25) is 14.5 Å². The first-order chi connectivity index (χ1) is 17.9. The van der Waals surface area contributed by atoms with Crippen LogP contribution in [0.4, 0.5) is 8.78 Å². The van der Waals surface area contributed by atoms with Gasteiger partial charge >= 0.3 is 5.97 Å². The summed E-state index contributed by atoms with van der Waals surface area (Å²) < 4.78 is 33.4. The third kappa shape index (κ3) is 5.89. The maximum Gasteiger partial charge on any atom is 0.312 e. The molecule has 3 atom stereocenters. The van der Waals surface area contributed by atoms with Gasteiger partial charge in [0.2, 0.25) is 5.91 Å². The number of rotatable bonds is 5. The van der Waals surface area contributed by atoms with Crippen molar-refractivity contribution in [1.82, 2.24) is 9.80 Å². The van der Waals surface area contributed by atoms with Gasteiger partial charge in [-0.2, -0.15) is 0 Å². The summed E-state index contributed by atoms with van der Waals surface area (Å²) in [6.07, 6.45) is 1.50. The van der Waals surface area contributed by atoms with Gasteiger partial charge in [0.15, 0.2) is 0 Å². The number of halogens is 3. The second-order valence-corrected chi connectivity index (χ2v) is 12.0. The Morgan fingerprint density at radius 3 is 2.29 bits per heavy atom. The maximum atomic E-state index is 14.8. The Kier molecular flexibility index (Phi) is 8.48. The molecule has 2 unspecified atom stereocenters. The van der Waals surface area contributed by atoms with E-state index < -0.39 is 23.5 Å². The van der Waals surface area contributed by atoms with E-state index in [1.807, 2.05) is 30.0 Å². The first-order valence-corrected chi connectivity index (χ1v) is 13.6. The molecule has 8 heteroatoms. The van der Waals surface area contributed by atoms with E-state index in [0.29, 0.717) is 36.8 Å². The lowest BCUT2D eigenvalue weighted by Gasteiger charge is -2.36. The second kappa shape index (κ2) is 11.3. The van der Waals surface area contributed by atoms with Gasteiger partial charge in [-0.05, 0) is 81.3 Å². The Hall–Kier alpha value is -2.51. The van der Waals surface area contributed by atoms with E-state index >= 15 is 0 Å². The highest BCUT2D eigenvalue weighted by Gasteiger charge is 2.44. The van der Waals surface area contributed by atoms with Gasteiger partial charge in [-0.15, -0.1) is 0 Å². The minimum absolute atomic E-state index is 0.0168. The number of carbonyl (C=O) groups excluding carboxylic acids is 2. The van der Waals surface area contributed by atoms with E-state index in [1.165, 1.54) is 19.2 Å². The molecule has 5 nitrogen and oxygen atoms in total. The molecule has 0 bridgehead atoms. The molecule has 206 valence electrons. The number of methoxy groups -OCH3 is 1. The number of hydrogen-bond donors (Lipinski definition) is 0. The molecule has 38 heavy (non-hydrogen) atoms. The summed E-state index contributed by atoms with van der Waals surface area (Å²) in [4.78, 5) is 30.2. The molecule has 0 N–H and O–H groups in total. The van der Waals surface area contributed by atoms with E-state index in [9.17, 15) is 18.4 Å². The van der Waals surface area contributed by atoms with Crippen LogP contribution in [0.3, 0.4) is 0 Å². The van der Waals surface area contributed by atoms with Crippen LogP contribution in [0.1, 0.15) is 75.0 Å². The zero-order chi connectivity index (χ0) is 27.8. The van der Waals surface area contributed by atoms with E-state index in [1.54, 1.807) is 0 Å². The summed E-state index contributed by atoms with van der Waals surface area (Å²) in [6.45, 7) is 10.3. The molecule has 0 saturated carbocycles. The number of nitrogens with zero attached hydrogens (tertiary/aromatic N) is 2. The quantitative estimate of drug-likeness (QED) is 0.424. The number of esters is 1. The summed E-state index contributed by atoms with van der Waals surface area (Å²) in [5, 5.41) is 0.566. The van der Waals surface area contributed by atoms with E-state index in [-0.39, 0.29) is 29.3 Å². The van der Waals surface area contributed by atoms with Crippen LogP contribution in [-0.2, 0) is 14.3 Å². The summed E-state index contributed by atoms with van der Waals surface area (Å²) >= 11 is 6.26. The van der Waals surface area contributed by atoms with Crippen molar-refractivity contribution in [3.8, 4) is 0 Å². The number of amides is 1. The van der Waals surface area contributed by atoms with Crippen LogP contribution < -0.4 is 0 Å². The summed E-state index contributed by atoms with van der Waals surface area (Å²) in [7, 11) is 1.38. The normalized spacial score (nSPS) is 21.9. The maximum absolute atomic E-state index is 14.8. The van der Waals surface area contributed by atoms with Crippen LogP contribution in [0, 0.1) is 17.6 Å². The van der Waals surface area contributed by atoms with Crippen molar-refractivity contribution in [3.05, 3.63) is 69.7 Å². The predicted octanol–water partition coefficient (Wildman–Crippen LogP) is 6.11. The lowest BCUT2D eigenvalue weighted by Crippen LogP contribution is -2.44. The number of benzene rings is 2. The van der Waals surface area contributed by atoms with Crippen LogP contribution in [0.5, 0.6) is 0 Å². The molecule has 2 aromatic carbocycles. The van der Waals surface area contributed by atoms with E-state index in [4.69, 9.17) is 16.3 Å². The fourth-order valence-corrected chi connectivity index (χ4v) is 6.14. The number of piperidine rings is 1. The SMILES string of the molecule is COC(=O)C(C)c1cc(Cl)ccc1C1CCN(C(=O)[C@@H]2CN(C(C)(C)C)CC2c2ccc(F)cc2F)CC1. The highest BCUT2D eigenvalue weighted by Crippen LogP contribution is 2.40. The molecule has 2 heterocycles. The van der Waals surface area contributed by atoms with Crippen molar-refractivity contribution < 1.29 is 23.1 Å². The molecule has 2 saturated heterocycles. The van der Waals surface area contributed by atoms with Crippen LogP contribution >= 0.6 is 11.6 Å². The van der Waals surface area contributed by atoms with Gasteiger partial charge < -0.3 is 9.64 Å². The van der Waals surface area contributed by atoms with Gasteiger partial charge in [0.05, 0.1) is 18.9 Å². The van der Waals surface area contributed by atoms with E-state index in [0.717, 1.165) is 30.0 Å². The van der Waals surface area contributed by atoms with Crippen LogP contribution in [0.15, 0.2) is 36.4 Å². The lowest BCUT2D eigenvalue weighted by atomic mass is 9.82. The molecule has 0 aliphatic carbocycles. The minimum Gasteiger partial charge on any atom is -0.469 e. The van der Waals surface area contributed by atoms with Gasteiger partial charge in [0.1, 0.15) is 11.6 Å². The largest absolute Gasteiger partial charge is 0.469 e. The Balaban J connectivity index is 1.52. The van der Waals surface area contributed by atoms with E-state index in [2.05, 4.69) is 25.7 Å². The minimum atomic E-state index is -0.620. The molecule has 0 radical (unpaired) electrons. The van der Waals surface area contributed by atoms with Gasteiger partial charge in [0.25, 0.3) is 0 Å². The topological polar surface area (TPSA) is 49.9 Å². The van der Waals surface area contributed by atoms with Crippen molar-refractivity contribution in [2.24, 2.45) is 5.92 Å². The highest BCUT2D eigenvalue weighted by molar-refractivity contribution is 6.30. The van der Waals surface area contributed by atoms with Gasteiger partial charge in [0, 0.05) is 48.7 Å². The third-order valence-corrected chi connectivity index (χ3v) is 8.50. The molecule has 2 aliphatic heterocycles. The average molecular weight is 547 g/mol. The molecular weight excluding hydrogens is 510 g/mol. The standard InChI is InChI=1S/C30H37ClF2N2O3/c1-18(29(37)38-5)24-14-20(31)6-8-22(24)19-10-12-34(13-11-19)28(36)26-17-35(30(2,3)4)16-25(26)23-9-7-21(32)15-27(23)33/h6-9,14-15,18-19,25-26H,10-13,16-17H2,1-5H3/t18?,25?,26-/m1/s1. The molecule has 1 amide bonds. The monoisotopic (exact) mass is 546 g/mol. The first kappa shape index (κ1) is 28.5. The number of likely N-dealkylation sites (tertiary alicyclic amines) is 2. The number of carbonyl (C=O) groups is 2. The molecule has 2 aromatic rings. The summed E-state index contributed by atoms with van der Waals surface area (Å²) in [6, 6.07) is 9.30. The Labute approximate surface area is 229 Å². The molecule has 0 spiro atoms. The molecular formula is C30H37ClF2N2O3. The van der Waals surface area contributed by atoms with Gasteiger partial charge in [-0.25, -0.2) is 8.78 Å². The molecule has 2 aliphatic rings. The van der Waals surface area contributed by atoms with Crippen molar-refractivity contribution >= 4 is 23.5 Å². The lowest BCUT2D eigenvalue weighted by molar-refractivity contribution is -0.142. The average Bonchev–Trinajstić information content (AvgIpc) is 3.33. The molecule has 4 rings (SSSR count).